The van der Waals surface area contributed by atoms with Gasteiger partial charge >= 0.3 is 5.69 Å². The molecule has 7 nitrogen and oxygen atoms in total. The summed E-state index contributed by atoms with van der Waals surface area (Å²) in [4.78, 5) is 10.7. The fourth-order valence-corrected chi connectivity index (χ4v) is 2.10. The van der Waals surface area contributed by atoms with Gasteiger partial charge in [-0.2, -0.15) is 5.10 Å². The monoisotopic (exact) mass is 270 g/mol. The van der Waals surface area contributed by atoms with E-state index in [9.17, 15) is 15.2 Å². The molecule has 0 radical (unpaired) electrons. The van der Waals surface area contributed by atoms with Crippen molar-refractivity contribution in [3.05, 3.63) is 15.8 Å². The molecule has 1 aromatic rings. The van der Waals surface area contributed by atoms with Crippen molar-refractivity contribution in [1.29, 1.82) is 0 Å². The molecular formula is C12H22N4O3. The van der Waals surface area contributed by atoms with Gasteiger partial charge in [0.25, 0.3) is 0 Å². The summed E-state index contributed by atoms with van der Waals surface area (Å²) >= 11 is 0. The first-order valence-corrected chi connectivity index (χ1v) is 6.48. The second-order valence-electron chi connectivity index (χ2n) is 5.03. The molecule has 0 aliphatic rings. The molecule has 1 rings (SSSR count). The molecule has 0 fully saturated rings. The van der Waals surface area contributed by atoms with E-state index in [2.05, 4.69) is 10.4 Å². The predicted molar refractivity (Wildman–Crippen MR) is 73.2 cm³/mol. The van der Waals surface area contributed by atoms with Gasteiger partial charge in [-0.3, -0.25) is 10.1 Å². The van der Waals surface area contributed by atoms with Crippen molar-refractivity contribution in [3.63, 3.8) is 0 Å². The van der Waals surface area contributed by atoms with E-state index in [1.165, 1.54) is 4.68 Å². The van der Waals surface area contributed by atoms with Crippen LogP contribution in [0.1, 0.15) is 32.9 Å². The highest BCUT2D eigenvalue weighted by atomic mass is 16.6. The van der Waals surface area contributed by atoms with Crippen molar-refractivity contribution in [2.75, 3.05) is 11.9 Å². The SMILES string of the molecule is CCc1nn(C)c(NC(CO)CC(C)C)c1[N+](=O)[O-]. The van der Waals surface area contributed by atoms with E-state index in [0.29, 0.717) is 23.9 Å². The van der Waals surface area contributed by atoms with Crippen LogP contribution in [0.5, 0.6) is 0 Å². The lowest BCUT2D eigenvalue weighted by molar-refractivity contribution is -0.384. The highest BCUT2D eigenvalue weighted by Crippen LogP contribution is 2.29. The number of aromatic nitrogens is 2. The van der Waals surface area contributed by atoms with Gasteiger partial charge in [-0.25, -0.2) is 4.68 Å². The summed E-state index contributed by atoms with van der Waals surface area (Å²) in [5.41, 5.74) is 0.462. The number of aliphatic hydroxyl groups excluding tert-OH is 1. The minimum absolute atomic E-state index is 0.00667. The number of anilines is 1. The van der Waals surface area contributed by atoms with Crippen LogP contribution in [-0.2, 0) is 13.5 Å². The molecule has 0 saturated heterocycles. The Kier molecular flexibility index (Phi) is 5.29. The molecule has 1 aromatic heterocycles. The Labute approximate surface area is 112 Å². The van der Waals surface area contributed by atoms with Crippen LogP contribution in [0.25, 0.3) is 0 Å². The number of nitrogens with one attached hydrogen (secondary N) is 1. The van der Waals surface area contributed by atoms with Crippen molar-refractivity contribution in [2.45, 2.75) is 39.7 Å². The van der Waals surface area contributed by atoms with Crippen LogP contribution in [0.15, 0.2) is 0 Å². The molecule has 0 saturated carbocycles. The molecule has 1 unspecified atom stereocenters. The summed E-state index contributed by atoms with van der Waals surface area (Å²) in [6, 6.07) is -0.209. The predicted octanol–water partition coefficient (Wildman–Crippen LogP) is 1.71. The first-order chi connectivity index (χ1) is 8.90. The molecule has 0 aliphatic carbocycles. The minimum atomic E-state index is -0.419. The Morgan fingerprint density at radius 1 is 1.53 bits per heavy atom. The maximum Gasteiger partial charge on any atom is 0.333 e. The van der Waals surface area contributed by atoms with Crippen LogP contribution in [0.2, 0.25) is 0 Å². The smallest absolute Gasteiger partial charge is 0.333 e. The molecule has 1 heterocycles. The largest absolute Gasteiger partial charge is 0.394 e. The van der Waals surface area contributed by atoms with Crippen molar-refractivity contribution < 1.29 is 10.0 Å². The van der Waals surface area contributed by atoms with Gasteiger partial charge < -0.3 is 10.4 Å². The van der Waals surface area contributed by atoms with Crippen molar-refractivity contribution >= 4 is 11.5 Å². The lowest BCUT2D eigenvalue weighted by atomic mass is 10.0. The van der Waals surface area contributed by atoms with Crippen LogP contribution < -0.4 is 5.32 Å². The normalized spacial score (nSPS) is 12.7. The first kappa shape index (κ1) is 15.4. The zero-order valence-electron chi connectivity index (χ0n) is 11.9. The molecule has 108 valence electrons. The Morgan fingerprint density at radius 3 is 2.58 bits per heavy atom. The molecule has 1 atom stereocenters. The fourth-order valence-electron chi connectivity index (χ4n) is 2.10. The van der Waals surface area contributed by atoms with Gasteiger partial charge in [-0.15, -0.1) is 0 Å². The van der Waals surface area contributed by atoms with E-state index in [1.807, 2.05) is 20.8 Å². The lowest BCUT2D eigenvalue weighted by Gasteiger charge is -2.18. The Bertz CT molecular complexity index is 442. The lowest BCUT2D eigenvalue weighted by Crippen LogP contribution is -2.27. The van der Waals surface area contributed by atoms with Crippen LogP contribution in [0, 0.1) is 16.0 Å². The zero-order chi connectivity index (χ0) is 14.6. The van der Waals surface area contributed by atoms with Crippen molar-refractivity contribution in [1.82, 2.24) is 9.78 Å². The number of aryl methyl sites for hydroxylation is 2. The van der Waals surface area contributed by atoms with Crippen molar-refractivity contribution in [3.8, 4) is 0 Å². The molecule has 7 heteroatoms. The number of aliphatic hydroxyl groups is 1. The number of hydrogen-bond donors (Lipinski definition) is 2. The Morgan fingerprint density at radius 2 is 2.16 bits per heavy atom. The Hall–Kier alpha value is -1.63. The van der Waals surface area contributed by atoms with E-state index in [-0.39, 0.29) is 18.3 Å². The van der Waals surface area contributed by atoms with Crippen LogP contribution in [0.3, 0.4) is 0 Å². The van der Waals surface area contributed by atoms with Gasteiger partial charge in [0.2, 0.25) is 5.82 Å². The first-order valence-electron chi connectivity index (χ1n) is 6.48. The summed E-state index contributed by atoms with van der Waals surface area (Å²) in [6.45, 7) is 5.84. The molecule has 2 N–H and O–H groups in total. The number of hydrogen-bond acceptors (Lipinski definition) is 5. The van der Waals surface area contributed by atoms with Crippen molar-refractivity contribution in [2.24, 2.45) is 13.0 Å². The molecule has 0 amide bonds. The molecule has 0 spiro atoms. The second kappa shape index (κ2) is 6.51. The van der Waals surface area contributed by atoms with Gasteiger partial charge in [0.15, 0.2) is 0 Å². The fraction of sp³-hybridized carbons (Fsp3) is 0.750. The molecule has 19 heavy (non-hydrogen) atoms. The van der Waals surface area contributed by atoms with E-state index < -0.39 is 4.92 Å². The molecule has 0 aromatic carbocycles. The van der Waals surface area contributed by atoms with Gasteiger partial charge in [0, 0.05) is 7.05 Å². The third-order valence-electron chi connectivity index (χ3n) is 2.93. The Balaban J connectivity index is 3.05. The van der Waals surface area contributed by atoms with Gasteiger partial charge in [0.1, 0.15) is 5.69 Å². The topological polar surface area (TPSA) is 93.2 Å². The second-order valence-corrected chi connectivity index (χ2v) is 5.03. The van der Waals surface area contributed by atoms with E-state index >= 15 is 0 Å². The maximum absolute atomic E-state index is 11.2. The standard InChI is InChI=1S/C12H22N4O3/c1-5-10-11(16(18)19)12(15(4)14-10)13-9(7-17)6-8(2)3/h8-9,13,17H,5-7H2,1-4H3. The summed E-state index contributed by atoms with van der Waals surface area (Å²) < 4.78 is 1.47. The van der Waals surface area contributed by atoms with Crippen LogP contribution in [-0.4, -0.2) is 32.5 Å². The number of nitro groups is 1. The quantitative estimate of drug-likeness (QED) is 0.581. The van der Waals surface area contributed by atoms with E-state index in [0.717, 1.165) is 6.42 Å². The van der Waals surface area contributed by atoms with Gasteiger partial charge in [-0.05, 0) is 18.8 Å². The highest BCUT2D eigenvalue weighted by molar-refractivity contribution is 5.60. The summed E-state index contributed by atoms with van der Waals surface area (Å²) in [6.07, 6.45) is 1.24. The van der Waals surface area contributed by atoms with Gasteiger partial charge in [0.05, 0.1) is 17.6 Å². The summed E-state index contributed by atoms with van der Waals surface area (Å²) in [5, 5.41) is 27.7. The third kappa shape index (κ3) is 3.66. The maximum atomic E-state index is 11.2. The van der Waals surface area contributed by atoms with Crippen LogP contribution in [0.4, 0.5) is 11.5 Å². The van der Waals surface area contributed by atoms with Crippen LogP contribution >= 0.6 is 0 Å². The van der Waals surface area contributed by atoms with E-state index in [1.54, 1.807) is 7.05 Å². The zero-order valence-corrected chi connectivity index (χ0v) is 11.9. The van der Waals surface area contributed by atoms with Gasteiger partial charge in [-0.1, -0.05) is 20.8 Å². The molecule has 0 aliphatic heterocycles. The highest BCUT2D eigenvalue weighted by Gasteiger charge is 2.27. The summed E-state index contributed by atoms with van der Waals surface area (Å²) in [5.74, 6) is 0.754. The van der Waals surface area contributed by atoms with E-state index in [4.69, 9.17) is 0 Å². The minimum Gasteiger partial charge on any atom is -0.394 e. The summed E-state index contributed by atoms with van der Waals surface area (Å²) in [7, 11) is 1.66. The number of nitrogens with zero attached hydrogens (tertiary/aromatic N) is 3. The molecular weight excluding hydrogens is 248 g/mol. The third-order valence-corrected chi connectivity index (χ3v) is 2.93. The average molecular weight is 270 g/mol. The average Bonchev–Trinajstić information content (AvgIpc) is 2.64. The molecule has 0 bridgehead atoms. The number of rotatable bonds is 7.